The molecule has 24 heavy (non-hydrogen) atoms. The minimum atomic E-state index is -0.637. The molecule has 0 saturated heterocycles. The summed E-state index contributed by atoms with van der Waals surface area (Å²) < 4.78 is 10.2. The molecule has 0 unspecified atom stereocenters. The van der Waals surface area contributed by atoms with Gasteiger partial charge in [-0.15, -0.1) is 0 Å². The summed E-state index contributed by atoms with van der Waals surface area (Å²) >= 11 is 5.82. The Morgan fingerprint density at radius 2 is 2.00 bits per heavy atom. The van der Waals surface area contributed by atoms with Crippen molar-refractivity contribution in [3.63, 3.8) is 0 Å². The number of rotatable bonds is 6. The number of aryl methyl sites for hydroxylation is 2. The SMILES string of the molecule is Cc1ccc(OCC(=O)OCC(=O)Nc2cccnc2Cl)c(C)c1. The molecule has 0 fully saturated rings. The standard InChI is InChI=1S/C17H17ClN2O4/c1-11-5-6-14(12(2)8-11)23-10-16(22)24-9-15(21)20-13-4-3-7-19-17(13)18/h3-8H,9-10H2,1-2H3,(H,20,21). The molecule has 0 spiro atoms. The Balaban J connectivity index is 1.76. The number of hydrogen-bond donors (Lipinski definition) is 1. The molecule has 0 atom stereocenters. The topological polar surface area (TPSA) is 77.5 Å². The summed E-state index contributed by atoms with van der Waals surface area (Å²) in [5, 5.41) is 2.67. The van der Waals surface area contributed by atoms with E-state index in [1.54, 1.807) is 18.2 Å². The molecule has 1 amide bonds. The third-order valence-corrected chi connectivity index (χ3v) is 3.37. The van der Waals surface area contributed by atoms with Crippen molar-refractivity contribution in [1.82, 2.24) is 4.98 Å². The highest BCUT2D eigenvalue weighted by atomic mass is 35.5. The average Bonchev–Trinajstić information content (AvgIpc) is 2.54. The molecule has 2 aromatic rings. The van der Waals surface area contributed by atoms with Crippen molar-refractivity contribution in [1.29, 1.82) is 0 Å². The van der Waals surface area contributed by atoms with Gasteiger partial charge in [-0.25, -0.2) is 9.78 Å². The van der Waals surface area contributed by atoms with E-state index in [9.17, 15) is 9.59 Å². The van der Waals surface area contributed by atoms with Gasteiger partial charge in [-0.3, -0.25) is 4.79 Å². The number of anilines is 1. The van der Waals surface area contributed by atoms with Gasteiger partial charge in [0.1, 0.15) is 5.75 Å². The molecule has 0 aliphatic heterocycles. The van der Waals surface area contributed by atoms with Crippen molar-refractivity contribution >= 4 is 29.2 Å². The van der Waals surface area contributed by atoms with E-state index in [1.807, 2.05) is 26.0 Å². The lowest BCUT2D eigenvalue weighted by molar-refractivity contribution is -0.149. The molecule has 1 aromatic carbocycles. The van der Waals surface area contributed by atoms with E-state index in [1.165, 1.54) is 6.20 Å². The zero-order valence-corrected chi connectivity index (χ0v) is 14.1. The Kier molecular flexibility index (Phi) is 6.14. The van der Waals surface area contributed by atoms with E-state index < -0.39 is 18.5 Å². The Morgan fingerprint density at radius 1 is 1.21 bits per heavy atom. The van der Waals surface area contributed by atoms with Gasteiger partial charge in [0, 0.05) is 6.20 Å². The highest BCUT2D eigenvalue weighted by Crippen LogP contribution is 2.19. The maximum absolute atomic E-state index is 11.7. The fourth-order valence-electron chi connectivity index (χ4n) is 1.95. The van der Waals surface area contributed by atoms with Crippen LogP contribution in [-0.2, 0) is 14.3 Å². The van der Waals surface area contributed by atoms with Crippen molar-refractivity contribution in [2.45, 2.75) is 13.8 Å². The first kappa shape index (κ1) is 17.7. The Labute approximate surface area is 144 Å². The fraction of sp³-hybridized carbons (Fsp3) is 0.235. The highest BCUT2D eigenvalue weighted by molar-refractivity contribution is 6.32. The average molecular weight is 349 g/mol. The maximum atomic E-state index is 11.7. The van der Waals surface area contributed by atoms with Crippen LogP contribution in [0, 0.1) is 13.8 Å². The summed E-state index contributed by atoms with van der Waals surface area (Å²) in [6.07, 6.45) is 1.50. The number of halogens is 1. The first-order chi connectivity index (χ1) is 11.5. The van der Waals surface area contributed by atoms with Crippen molar-refractivity contribution in [2.24, 2.45) is 0 Å². The zero-order chi connectivity index (χ0) is 17.5. The fourth-order valence-corrected chi connectivity index (χ4v) is 2.12. The van der Waals surface area contributed by atoms with Crippen LogP contribution in [0.2, 0.25) is 5.15 Å². The minimum Gasteiger partial charge on any atom is -0.482 e. The normalized spacial score (nSPS) is 10.1. The summed E-state index contributed by atoms with van der Waals surface area (Å²) in [5.41, 5.74) is 2.38. The van der Waals surface area contributed by atoms with Gasteiger partial charge in [-0.05, 0) is 37.6 Å². The zero-order valence-electron chi connectivity index (χ0n) is 13.3. The number of ether oxygens (including phenoxy) is 2. The lowest BCUT2D eigenvalue weighted by Crippen LogP contribution is -2.24. The van der Waals surface area contributed by atoms with Crippen LogP contribution in [0.5, 0.6) is 5.75 Å². The number of aromatic nitrogens is 1. The van der Waals surface area contributed by atoms with E-state index in [0.29, 0.717) is 11.4 Å². The molecule has 0 radical (unpaired) electrons. The molecule has 0 aliphatic carbocycles. The van der Waals surface area contributed by atoms with Gasteiger partial charge in [-0.2, -0.15) is 0 Å². The second-order valence-corrected chi connectivity index (χ2v) is 5.47. The van der Waals surface area contributed by atoms with Crippen molar-refractivity contribution in [3.05, 3.63) is 52.8 Å². The van der Waals surface area contributed by atoms with Gasteiger partial charge < -0.3 is 14.8 Å². The molecule has 6 nitrogen and oxygen atoms in total. The van der Waals surface area contributed by atoms with Crippen LogP contribution in [-0.4, -0.2) is 30.1 Å². The largest absolute Gasteiger partial charge is 0.482 e. The molecule has 2 rings (SSSR count). The first-order valence-electron chi connectivity index (χ1n) is 7.22. The van der Waals surface area contributed by atoms with Crippen LogP contribution in [0.1, 0.15) is 11.1 Å². The van der Waals surface area contributed by atoms with Gasteiger partial charge >= 0.3 is 5.97 Å². The van der Waals surface area contributed by atoms with Crippen LogP contribution in [0.3, 0.4) is 0 Å². The van der Waals surface area contributed by atoms with Crippen molar-refractivity contribution in [2.75, 3.05) is 18.5 Å². The van der Waals surface area contributed by atoms with Crippen LogP contribution < -0.4 is 10.1 Å². The van der Waals surface area contributed by atoms with E-state index in [4.69, 9.17) is 21.1 Å². The van der Waals surface area contributed by atoms with Gasteiger partial charge in [0.2, 0.25) is 0 Å². The van der Waals surface area contributed by atoms with Gasteiger partial charge in [-0.1, -0.05) is 29.3 Å². The monoisotopic (exact) mass is 348 g/mol. The van der Waals surface area contributed by atoms with Crippen LogP contribution in [0.4, 0.5) is 5.69 Å². The molecule has 1 N–H and O–H groups in total. The van der Waals surface area contributed by atoms with E-state index in [-0.39, 0.29) is 11.8 Å². The molecule has 126 valence electrons. The first-order valence-corrected chi connectivity index (χ1v) is 7.59. The number of esters is 1. The summed E-state index contributed by atoms with van der Waals surface area (Å²) in [4.78, 5) is 27.2. The second kappa shape index (κ2) is 8.31. The van der Waals surface area contributed by atoms with Crippen LogP contribution in [0.25, 0.3) is 0 Å². The third-order valence-electron chi connectivity index (χ3n) is 3.07. The summed E-state index contributed by atoms with van der Waals surface area (Å²) in [6, 6.07) is 8.85. The molecule has 7 heteroatoms. The molecule has 1 heterocycles. The molecule has 0 bridgehead atoms. The Bertz CT molecular complexity index is 749. The van der Waals surface area contributed by atoms with Crippen molar-refractivity contribution in [3.8, 4) is 5.75 Å². The Hall–Kier alpha value is -2.60. The van der Waals surface area contributed by atoms with E-state index >= 15 is 0 Å². The van der Waals surface area contributed by atoms with Crippen molar-refractivity contribution < 1.29 is 19.1 Å². The van der Waals surface area contributed by atoms with Gasteiger partial charge in [0.25, 0.3) is 5.91 Å². The lowest BCUT2D eigenvalue weighted by atomic mass is 10.1. The molecule has 0 aliphatic rings. The van der Waals surface area contributed by atoms with E-state index in [2.05, 4.69) is 10.3 Å². The quantitative estimate of drug-likeness (QED) is 0.641. The van der Waals surface area contributed by atoms with Crippen LogP contribution >= 0.6 is 11.6 Å². The summed E-state index contributed by atoms with van der Waals surface area (Å²) in [7, 11) is 0. The lowest BCUT2D eigenvalue weighted by Gasteiger charge is -2.10. The number of nitrogens with zero attached hydrogens (tertiary/aromatic N) is 1. The van der Waals surface area contributed by atoms with Gasteiger partial charge in [0.15, 0.2) is 18.4 Å². The number of benzene rings is 1. The van der Waals surface area contributed by atoms with Crippen LogP contribution in [0.15, 0.2) is 36.5 Å². The predicted octanol–water partition coefficient (Wildman–Crippen LogP) is 2.91. The number of carbonyl (C=O) groups is 2. The molecule has 0 saturated carbocycles. The number of nitrogens with one attached hydrogen (secondary N) is 1. The second-order valence-electron chi connectivity index (χ2n) is 5.11. The highest BCUT2D eigenvalue weighted by Gasteiger charge is 2.11. The number of carbonyl (C=O) groups excluding carboxylic acids is 2. The third kappa shape index (κ3) is 5.24. The number of pyridine rings is 1. The summed E-state index contributed by atoms with van der Waals surface area (Å²) in [6.45, 7) is 3.15. The number of amides is 1. The summed E-state index contributed by atoms with van der Waals surface area (Å²) in [5.74, 6) is -0.545. The molecular weight excluding hydrogens is 332 g/mol. The molecule has 1 aromatic heterocycles. The molecular formula is C17H17ClN2O4. The minimum absolute atomic E-state index is 0.162. The smallest absolute Gasteiger partial charge is 0.344 e. The Morgan fingerprint density at radius 3 is 2.71 bits per heavy atom. The maximum Gasteiger partial charge on any atom is 0.344 e. The number of hydrogen-bond acceptors (Lipinski definition) is 5. The van der Waals surface area contributed by atoms with E-state index in [0.717, 1.165) is 11.1 Å². The van der Waals surface area contributed by atoms with Gasteiger partial charge in [0.05, 0.1) is 5.69 Å². The predicted molar refractivity (Wildman–Crippen MR) is 90.2 cm³/mol.